The first-order valence-electron chi connectivity index (χ1n) is 8.89. The van der Waals surface area contributed by atoms with Crippen molar-refractivity contribution in [3.63, 3.8) is 0 Å². The number of guanidine groups is 1. The zero-order valence-electron chi connectivity index (χ0n) is 16.3. The van der Waals surface area contributed by atoms with Gasteiger partial charge in [0.15, 0.2) is 11.7 Å². The Labute approximate surface area is 183 Å². The molecule has 0 saturated carbocycles. The van der Waals surface area contributed by atoms with Crippen LogP contribution in [0, 0.1) is 0 Å². The van der Waals surface area contributed by atoms with Crippen LogP contribution in [-0.2, 0) is 23.1 Å². The lowest BCUT2D eigenvalue weighted by atomic mass is 9.99. The Morgan fingerprint density at radius 1 is 1.21 bits per heavy atom. The van der Waals surface area contributed by atoms with Gasteiger partial charge in [-0.1, -0.05) is 31.1 Å². The molecule has 1 aromatic heterocycles. The van der Waals surface area contributed by atoms with Crippen molar-refractivity contribution < 1.29 is 12.9 Å². The molecule has 0 fully saturated rings. The van der Waals surface area contributed by atoms with E-state index in [9.17, 15) is 8.42 Å². The van der Waals surface area contributed by atoms with Gasteiger partial charge in [0.2, 0.25) is 10.0 Å². The number of aromatic nitrogens is 1. The number of halogens is 1. The maximum absolute atomic E-state index is 11.4. The molecule has 28 heavy (non-hydrogen) atoms. The minimum absolute atomic E-state index is 0. The van der Waals surface area contributed by atoms with Gasteiger partial charge in [0.25, 0.3) is 0 Å². The van der Waals surface area contributed by atoms with Crippen LogP contribution in [0.4, 0.5) is 0 Å². The summed E-state index contributed by atoms with van der Waals surface area (Å²) in [6.45, 7) is 5.12. The maximum atomic E-state index is 11.4. The standard InChI is InChI=1S/C18H27N5O3S.HI/c1-4-14(5-2)17-10-15(26-23-17)12-22-18(20-3)21-11-13-7-6-8-16(9-13)27(19,24)25;/h6-10,14H,4-5,11-12H2,1-3H3,(H2,19,24,25)(H2,20,21,22);1H. The lowest BCUT2D eigenvalue weighted by Crippen LogP contribution is -2.36. The lowest BCUT2D eigenvalue weighted by Gasteiger charge is -2.11. The summed E-state index contributed by atoms with van der Waals surface area (Å²) in [5, 5.41) is 15.6. The molecule has 2 rings (SSSR count). The Balaban J connectivity index is 0.00000392. The fourth-order valence-electron chi connectivity index (χ4n) is 2.72. The number of hydrogen-bond acceptors (Lipinski definition) is 5. The molecule has 0 atom stereocenters. The van der Waals surface area contributed by atoms with Gasteiger partial charge < -0.3 is 15.2 Å². The van der Waals surface area contributed by atoms with Gasteiger partial charge in [0.05, 0.1) is 17.1 Å². The summed E-state index contributed by atoms with van der Waals surface area (Å²) in [7, 11) is -2.06. The first-order valence-corrected chi connectivity index (χ1v) is 10.4. The lowest BCUT2D eigenvalue weighted by molar-refractivity contribution is 0.368. The minimum Gasteiger partial charge on any atom is -0.359 e. The Morgan fingerprint density at radius 3 is 2.50 bits per heavy atom. The molecule has 156 valence electrons. The number of hydrogen-bond donors (Lipinski definition) is 3. The number of aliphatic imine (C=N–C) groups is 1. The summed E-state index contributed by atoms with van der Waals surface area (Å²) < 4.78 is 28.3. The van der Waals surface area contributed by atoms with Gasteiger partial charge in [-0.15, -0.1) is 24.0 Å². The topological polar surface area (TPSA) is 123 Å². The van der Waals surface area contributed by atoms with Crippen molar-refractivity contribution in [2.75, 3.05) is 7.05 Å². The fourth-order valence-corrected chi connectivity index (χ4v) is 3.31. The molecule has 0 saturated heterocycles. The smallest absolute Gasteiger partial charge is 0.238 e. The summed E-state index contributed by atoms with van der Waals surface area (Å²) >= 11 is 0. The SMILES string of the molecule is CCC(CC)c1cc(CNC(=NC)NCc2cccc(S(N)(=O)=O)c2)on1.I. The van der Waals surface area contributed by atoms with Gasteiger partial charge in [0.1, 0.15) is 0 Å². The summed E-state index contributed by atoms with van der Waals surface area (Å²) in [5.74, 6) is 1.71. The van der Waals surface area contributed by atoms with Gasteiger partial charge in [-0.25, -0.2) is 13.6 Å². The molecule has 8 nitrogen and oxygen atoms in total. The largest absolute Gasteiger partial charge is 0.359 e. The predicted molar refractivity (Wildman–Crippen MR) is 120 cm³/mol. The van der Waals surface area contributed by atoms with E-state index in [1.54, 1.807) is 13.1 Å². The average Bonchev–Trinajstić information content (AvgIpc) is 3.11. The van der Waals surface area contributed by atoms with Crippen LogP contribution >= 0.6 is 24.0 Å². The highest BCUT2D eigenvalue weighted by molar-refractivity contribution is 14.0. The van der Waals surface area contributed by atoms with Crippen LogP contribution in [0.5, 0.6) is 0 Å². The van der Waals surface area contributed by atoms with E-state index < -0.39 is 10.0 Å². The molecule has 0 radical (unpaired) electrons. The van der Waals surface area contributed by atoms with E-state index in [1.165, 1.54) is 12.1 Å². The number of nitrogens with two attached hydrogens (primary N) is 1. The zero-order chi connectivity index (χ0) is 19.9. The third kappa shape index (κ3) is 7.06. The summed E-state index contributed by atoms with van der Waals surface area (Å²) in [6, 6.07) is 8.43. The third-order valence-corrected chi connectivity index (χ3v) is 5.23. The first-order chi connectivity index (χ1) is 12.9. The van der Waals surface area contributed by atoms with E-state index in [2.05, 4.69) is 34.6 Å². The molecule has 0 spiro atoms. The molecule has 0 aliphatic rings. The molecule has 0 amide bonds. The Kier molecular flexibility index (Phi) is 9.90. The second kappa shape index (κ2) is 11.4. The molecular formula is C18H28IN5O3S. The summed E-state index contributed by atoms with van der Waals surface area (Å²) in [4.78, 5) is 4.24. The normalized spacial score (nSPS) is 12.0. The zero-order valence-corrected chi connectivity index (χ0v) is 19.5. The molecule has 1 heterocycles. The van der Waals surface area contributed by atoms with Crippen molar-refractivity contribution in [1.29, 1.82) is 0 Å². The molecule has 4 N–H and O–H groups in total. The first kappa shape index (κ1) is 24.4. The van der Waals surface area contributed by atoms with E-state index in [4.69, 9.17) is 9.66 Å². The maximum Gasteiger partial charge on any atom is 0.238 e. The van der Waals surface area contributed by atoms with Crippen LogP contribution in [-0.4, -0.2) is 26.6 Å². The van der Waals surface area contributed by atoms with Crippen LogP contribution in [0.2, 0.25) is 0 Å². The van der Waals surface area contributed by atoms with Crippen LogP contribution < -0.4 is 15.8 Å². The van der Waals surface area contributed by atoms with Gasteiger partial charge in [0, 0.05) is 25.6 Å². The Hall–Kier alpha value is -1.66. The van der Waals surface area contributed by atoms with Crippen molar-refractivity contribution in [1.82, 2.24) is 15.8 Å². The third-order valence-electron chi connectivity index (χ3n) is 4.32. The minimum atomic E-state index is -3.72. The second-order valence-electron chi connectivity index (χ2n) is 6.20. The van der Waals surface area contributed by atoms with Crippen molar-refractivity contribution >= 4 is 40.0 Å². The molecule has 0 aliphatic heterocycles. The van der Waals surface area contributed by atoms with Crippen molar-refractivity contribution in [2.45, 2.75) is 50.6 Å². The Morgan fingerprint density at radius 2 is 1.89 bits per heavy atom. The van der Waals surface area contributed by atoms with Crippen LogP contribution in [0.25, 0.3) is 0 Å². The van der Waals surface area contributed by atoms with E-state index >= 15 is 0 Å². The fraction of sp³-hybridized carbons (Fsp3) is 0.444. The van der Waals surface area contributed by atoms with Crippen LogP contribution in [0.15, 0.2) is 44.7 Å². The molecule has 0 bridgehead atoms. The quantitative estimate of drug-likeness (QED) is 0.279. The summed E-state index contributed by atoms with van der Waals surface area (Å²) in [6.07, 6.45) is 2.05. The summed E-state index contributed by atoms with van der Waals surface area (Å²) in [5.41, 5.74) is 1.75. The average molecular weight is 521 g/mol. The van der Waals surface area contributed by atoms with Crippen molar-refractivity contribution in [3.8, 4) is 0 Å². The Bertz CT molecular complexity index is 879. The number of rotatable bonds is 8. The van der Waals surface area contributed by atoms with E-state index in [0.29, 0.717) is 25.0 Å². The van der Waals surface area contributed by atoms with Gasteiger partial charge in [-0.3, -0.25) is 4.99 Å². The van der Waals surface area contributed by atoms with Gasteiger partial charge in [-0.05, 0) is 30.5 Å². The van der Waals surface area contributed by atoms with Crippen LogP contribution in [0.1, 0.15) is 49.6 Å². The molecular weight excluding hydrogens is 493 g/mol. The predicted octanol–water partition coefficient (Wildman–Crippen LogP) is 2.71. The van der Waals surface area contributed by atoms with Crippen LogP contribution in [0.3, 0.4) is 0 Å². The van der Waals surface area contributed by atoms with E-state index in [1.807, 2.05) is 12.1 Å². The number of primary sulfonamides is 1. The highest BCUT2D eigenvalue weighted by atomic mass is 127. The van der Waals surface area contributed by atoms with E-state index in [0.717, 1.165) is 29.9 Å². The molecule has 0 aliphatic carbocycles. The molecule has 2 aromatic rings. The van der Waals surface area contributed by atoms with E-state index in [-0.39, 0.29) is 28.9 Å². The van der Waals surface area contributed by atoms with Gasteiger partial charge >= 0.3 is 0 Å². The number of nitrogens with zero attached hydrogens (tertiary/aromatic N) is 2. The molecule has 1 aromatic carbocycles. The molecule has 10 heteroatoms. The highest BCUT2D eigenvalue weighted by Gasteiger charge is 2.13. The highest BCUT2D eigenvalue weighted by Crippen LogP contribution is 2.22. The molecule has 0 unspecified atom stereocenters. The number of benzene rings is 1. The van der Waals surface area contributed by atoms with Gasteiger partial charge in [-0.2, -0.15) is 0 Å². The van der Waals surface area contributed by atoms with Crippen molar-refractivity contribution in [3.05, 3.63) is 47.3 Å². The number of nitrogens with one attached hydrogen (secondary N) is 2. The number of sulfonamides is 1. The van der Waals surface area contributed by atoms with Crippen molar-refractivity contribution in [2.24, 2.45) is 10.1 Å². The second-order valence-corrected chi connectivity index (χ2v) is 7.76. The monoisotopic (exact) mass is 521 g/mol.